The summed E-state index contributed by atoms with van der Waals surface area (Å²) in [6, 6.07) is 15.6. The molecule has 0 spiro atoms. The second-order valence-electron chi connectivity index (χ2n) is 9.60. The number of hydrogen-bond acceptors (Lipinski definition) is 5. The molecule has 6 nitrogen and oxygen atoms in total. The van der Waals surface area contributed by atoms with Gasteiger partial charge in [-0.05, 0) is 50.5 Å². The van der Waals surface area contributed by atoms with E-state index in [-0.39, 0.29) is 30.0 Å². The van der Waals surface area contributed by atoms with Gasteiger partial charge in [0.25, 0.3) is 0 Å². The number of anilines is 1. The Morgan fingerprint density at radius 3 is 2.50 bits per heavy atom. The van der Waals surface area contributed by atoms with Crippen LogP contribution in [0.5, 0.6) is 0 Å². The van der Waals surface area contributed by atoms with Crippen LogP contribution in [0.3, 0.4) is 0 Å². The van der Waals surface area contributed by atoms with Gasteiger partial charge >= 0.3 is 6.03 Å². The molecular weight excluding hydrogens is 449 g/mol. The number of urea groups is 1. The van der Waals surface area contributed by atoms with Gasteiger partial charge in [0.2, 0.25) is 0 Å². The number of piperazine rings is 1. The van der Waals surface area contributed by atoms with Crippen LogP contribution < -0.4 is 10.2 Å². The van der Waals surface area contributed by atoms with Crippen molar-refractivity contribution in [2.24, 2.45) is 0 Å². The van der Waals surface area contributed by atoms with E-state index in [1.54, 1.807) is 6.07 Å². The first-order valence-corrected chi connectivity index (χ1v) is 12.9. The minimum atomic E-state index is -0.239. The molecule has 3 heterocycles. The molecule has 0 aliphatic carbocycles. The molecule has 5 rings (SSSR count). The van der Waals surface area contributed by atoms with Crippen molar-refractivity contribution in [3.63, 3.8) is 0 Å². The number of piperidine rings is 1. The number of benzene rings is 2. The predicted molar refractivity (Wildman–Crippen MR) is 136 cm³/mol. The van der Waals surface area contributed by atoms with Crippen molar-refractivity contribution in [3.05, 3.63) is 59.9 Å². The number of carbonyl (C=O) groups excluding carboxylic acids is 1. The van der Waals surface area contributed by atoms with E-state index in [4.69, 9.17) is 4.98 Å². The number of nitrogens with zero attached hydrogens (tertiary/aromatic N) is 4. The summed E-state index contributed by atoms with van der Waals surface area (Å²) in [5.74, 6) is -0.239. The van der Waals surface area contributed by atoms with Gasteiger partial charge in [-0.1, -0.05) is 41.7 Å². The van der Waals surface area contributed by atoms with Crippen LogP contribution in [0, 0.1) is 5.82 Å². The maximum absolute atomic E-state index is 13.6. The average molecular weight is 482 g/mol. The van der Waals surface area contributed by atoms with Crippen molar-refractivity contribution in [1.29, 1.82) is 0 Å². The van der Waals surface area contributed by atoms with Gasteiger partial charge in [-0.25, -0.2) is 14.2 Å². The highest BCUT2D eigenvalue weighted by atomic mass is 32.1. The molecule has 3 aromatic rings. The number of aromatic nitrogens is 1. The molecule has 2 atom stereocenters. The van der Waals surface area contributed by atoms with E-state index in [0.717, 1.165) is 60.9 Å². The monoisotopic (exact) mass is 481 g/mol. The lowest BCUT2D eigenvalue weighted by Crippen LogP contribution is -2.62. The Balaban J connectivity index is 1.15. The molecule has 1 aromatic heterocycles. The maximum Gasteiger partial charge on any atom is 0.318 e. The van der Waals surface area contributed by atoms with Crippen molar-refractivity contribution in [1.82, 2.24) is 20.1 Å². The van der Waals surface area contributed by atoms with Gasteiger partial charge in [0, 0.05) is 50.8 Å². The molecule has 0 radical (unpaired) electrons. The Bertz CT molecular complexity index is 1120. The van der Waals surface area contributed by atoms with Crippen LogP contribution in [0.25, 0.3) is 10.2 Å². The fourth-order valence-corrected chi connectivity index (χ4v) is 6.24. The van der Waals surface area contributed by atoms with Gasteiger partial charge in [0.05, 0.1) is 10.2 Å². The second kappa shape index (κ2) is 9.88. The summed E-state index contributed by atoms with van der Waals surface area (Å²) >= 11 is 1.51. The number of fused-ring (bicyclic) bond motifs is 1. The number of amides is 2. The predicted octanol–water partition coefficient (Wildman–Crippen LogP) is 4.71. The zero-order chi connectivity index (χ0) is 23.7. The number of hydrogen-bond donors (Lipinski definition) is 1. The highest BCUT2D eigenvalue weighted by Gasteiger charge is 2.35. The number of thiazole rings is 1. The number of likely N-dealkylation sites (tertiary alicyclic amines) is 1. The largest absolute Gasteiger partial charge is 0.344 e. The van der Waals surface area contributed by atoms with Crippen molar-refractivity contribution >= 4 is 32.7 Å². The lowest BCUT2D eigenvalue weighted by atomic mass is 10.0. The molecule has 2 saturated heterocycles. The molecule has 0 unspecified atom stereocenters. The molecule has 2 fully saturated rings. The Morgan fingerprint density at radius 2 is 1.79 bits per heavy atom. The summed E-state index contributed by atoms with van der Waals surface area (Å²) in [5.41, 5.74) is 2.16. The molecule has 2 aliphatic heterocycles. The van der Waals surface area contributed by atoms with Gasteiger partial charge in [-0.15, -0.1) is 0 Å². The van der Waals surface area contributed by atoms with Gasteiger partial charge in [-0.2, -0.15) is 0 Å². The van der Waals surface area contributed by atoms with Crippen LogP contribution in [-0.4, -0.2) is 65.1 Å². The van der Waals surface area contributed by atoms with Crippen LogP contribution in [0.1, 0.15) is 32.3 Å². The molecule has 180 valence electrons. The summed E-state index contributed by atoms with van der Waals surface area (Å²) in [5, 5.41) is 4.20. The molecule has 2 amide bonds. The lowest BCUT2D eigenvalue weighted by Gasteiger charge is -2.45. The van der Waals surface area contributed by atoms with E-state index in [1.165, 1.54) is 29.0 Å². The van der Waals surface area contributed by atoms with Gasteiger partial charge in [0.1, 0.15) is 5.82 Å². The molecule has 1 N–H and O–H groups in total. The van der Waals surface area contributed by atoms with Crippen molar-refractivity contribution in [2.45, 2.75) is 51.4 Å². The first kappa shape index (κ1) is 23.1. The fraction of sp³-hybridized carbons (Fsp3) is 0.462. The SMILES string of the molecule is C[C@@H]1CN(c2nc3ccc(F)cc3s2)C[C@H](C)N1C(=O)NC1CCN(Cc2ccccc2)CC1. The summed E-state index contributed by atoms with van der Waals surface area (Å²) in [4.78, 5) is 24.6. The highest BCUT2D eigenvalue weighted by molar-refractivity contribution is 7.22. The van der Waals surface area contributed by atoms with Crippen LogP contribution in [0.4, 0.5) is 14.3 Å². The third-order valence-electron chi connectivity index (χ3n) is 6.93. The van der Waals surface area contributed by atoms with E-state index in [0.29, 0.717) is 0 Å². The molecule has 8 heteroatoms. The molecule has 2 aliphatic rings. The van der Waals surface area contributed by atoms with E-state index < -0.39 is 0 Å². The number of halogens is 1. The topological polar surface area (TPSA) is 51.7 Å². The number of nitrogens with one attached hydrogen (secondary N) is 1. The van der Waals surface area contributed by atoms with E-state index >= 15 is 0 Å². The molecule has 0 saturated carbocycles. The zero-order valence-electron chi connectivity index (χ0n) is 19.8. The second-order valence-corrected chi connectivity index (χ2v) is 10.6. The summed E-state index contributed by atoms with van der Waals surface area (Å²) in [6.45, 7) is 8.59. The summed E-state index contributed by atoms with van der Waals surface area (Å²) in [6.07, 6.45) is 1.95. The smallest absolute Gasteiger partial charge is 0.318 e. The number of carbonyl (C=O) groups is 1. The maximum atomic E-state index is 13.6. The minimum Gasteiger partial charge on any atom is -0.344 e. The number of rotatable bonds is 4. The van der Waals surface area contributed by atoms with Crippen molar-refractivity contribution in [3.8, 4) is 0 Å². The quantitative estimate of drug-likeness (QED) is 0.587. The normalized spacial score (nSPS) is 22.3. The highest BCUT2D eigenvalue weighted by Crippen LogP contribution is 2.31. The van der Waals surface area contributed by atoms with Crippen LogP contribution in [0.2, 0.25) is 0 Å². The molecule has 34 heavy (non-hydrogen) atoms. The Hall–Kier alpha value is -2.71. The van der Waals surface area contributed by atoms with Crippen LogP contribution in [-0.2, 0) is 6.54 Å². The molecule has 2 aromatic carbocycles. The molecule has 0 bridgehead atoms. The van der Waals surface area contributed by atoms with Crippen molar-refractivity contribution in [2.75, 3.05) is 31.1 Å². The van der Waals surface area contributed by atoms with Gasteiger partial charge in [0.15, 0.2) is 5.13 Å². The first-order chi connectivity index (χ1) is 16.5. The third kappa shape index (κ3) is 5.03. The Morgan fingerprint density at radius 1 is 1.09 bits per heavy atom. The first-order valence-electron chi connectivity index (χ1n) is 12.1. The van der Waals surface area contributed by atoms with E-state index in [2.05, 4.69) is 53.2 Å². The standard InChI is InChI=1S/C26H32FN5OS/c1-18-15-31(26-29-23-9-8-21(27)14-24(23)34-26)16-19(2)32(18)25(33)28-22-10-12-30(13-11-22)17-20-6-4-3-5-7-20/h3-9,14,18-19,22H,10-13,15-17H2,1-2H3,(H,28,33)/t18-,19+. The minimum absolute atomic E-state index is 0.0348. The van der Waals surface area contributed by atoms with Gasteiger partial charge in [-0.3, -0.25) is 4.90 Å². The van der Waals surface area contributed by atoms with Crippen molar-refractivity contribution < 1.29 is 9.18 Å². The summed E-state index contributed by atoms with van der Waals surface area (Å²) < 4.78 is 14.4. The Labute approximate surface area is 204 Å². The Kier molecular flexibility index (Phi) is 6.70. The third-order valence-corrected chi connectivity index (χ3v) is 8.01. The molecular formula is C26H32FN5OS. The fourth-order valence-electron chi connectivity index (χ4n) is 5.23. The van der Waals surface area contributed by atoms with E-state index in [1.807, 2.05) is 11.0 Å². The van der Waals surface area contributed by atoms with E-state index in [9.17, 15) is 9.18 Å². The average Bonchev–Trinajstić information content (AvgIpc) is 3.24. The van der Waals surface area contributed by atoms with Crippen LogP contribution in [0.15, 0.2) is 48.5 Å². The van der Waals surface area contributed by atoms with Crippen LogP contribution >= 0.6 is 11.3 Å². The van der Waals surface area contributed by atoms with Gasteiger partial charge < -0.3 is 15.1 Å². The lowest BCUT2D eigenvalue weighted by molar-refractivity contribution is 0.130. The summed E-state index contributed by atoms with van der Waals surface area (Å²) in [7, 11) is 0. The zero-order valence-corrected chi connectivity index (χ0v) is 20.6.